The lowest BCUT2D eigenvalue weighted by atomic mass is 9.97. The number of aryl methyl sites for hydroxylation is 1. The van der Waals surface area contributed by atoms with E-state index in [9.17, 15) is 18.0 Å². The number of nitrogens with one attached hydrogen (secondary N) is 1. The molecular formula is C22H25N3O5S. The van der Waals surface area contributed by atoms with Crippen LogP contribution in [0, 0.1) is 6.92 Å². The van der Waals surface area contributed by atoms with Crippen LogP contribution in [0.1, 0.15) is 48.4 Å². The van der Waals surface area contributed by atoms with E-state index in [1.165, 1.54) is 5.01 Å². The largest absolute Gasteiger partial charge is 0.481 e. The summed E-state index contributed by atoms with van der Waals surface area (Å²) >= 11 is 0. The number of hydrogen-bond acceptors (Lipinski definition) is 5. The number of anilines is 1. The molecule has 0 saturated carbocycles. The molecule has 0 aromatic heterocycles. The number of carbonyl (C=O) groups excluding carboxylic acids is 1. The van der Waals surface area contributed by atoms with Gasteiger partial charge in [-0.25, -0.2) is 13.4 Å². The summed E-state index contributed by atoms with van der Waals surface area (Å²) in [6, 6.07) is 14.4. The van der Waals surface area contributed by atoms with E-state index in [1.807, 2.05) is 37.3 Å². The summed E-state index contributed by atoms with van der Waals surface area (Å²) < 4.78 is 25.6. The number of carbonyl (C=O) groups is 2. The lowest BCUT2D eigenvalue weighted by molar-refractivity contribution is -0.137. The van der Waals surface area contributed by atoms with Crippen LogP contribution in [0.3, 0.4) is 0 Å². The summed E-state index contributed by atoms with van der Waals surface area (Å²) in [5.74, 6) is -1.18. The molecule has 164 valence electrons. The first-order valence-electron chi connectivity index (χ1n) is 9.88. The standard InChI is InChI=1S/C22H25N3O5S/c1-15-9-11-16(12-10-15)20-14-19(23-25(20)21(26)7-4-8-22(27)28)17-5-3-6-18(13-17)24-31(2,29)30/h3,5-6,9-13,20,24H,4,7-8,14H2,1-2H3,(H,27,28)/t20-/m0/s1. The topological polar surface area (TPSA) is 116 Å². The van der Waals surface area contributed by atoms with Crippen molar-refractivity contribution in [1.82, 2.24) is 5.01 Å². The molecule has 3 rings (SSSR count). The van der Waals surface area contributed by atoms with Crippen molar-refractivity contribution in [3.63, 3.8) is 0 Å². The first kappa shape index (κ1) is 22.5. The van der Waals surface area contributed by atoms with Crippen molar-refractivity contribution in [1.29, 1.82) is 0 Å². The number of hydrogen-bond donors (Lipinski definition) is 2. The van der Waals surface area contributed by atoms with Crippen LogP contribution in [0.5, 0.6) is 0 Å². The van der Waals surface area contributed by atoms with Crippen molar-refractivity contribution < 1.29 is 23.1 Å². The van der Waals surface area contributed by atoms with Gasteiger partial charge in [0.1, 0.15) is 0 Å². The molecule has 1 heterocycles. The van der Waals surface area contributed by atoms with Crippen LogP contribution in [0.15, 0.2) is 53.6 Å². The molecule has 1 atom stereocenters. The van der Waals surface area contributed by atoms with Crippen LogP contribution in [0.2, 0.25) is 0 Å². The van der Waals surface area contributed by atoms with Crippen LogP contribution in [0.4, 0.5) is 5.69 Å². The van der Waals surface area contributed by atoms with Gasteiger partial charge in [0.2, 0.25) is 15.9 Å². The van der Waals surface area contributed by atoms with Crippen molar-refractivity contribution in [3.05, 3.63) is 65.2 Å². The van der Waals surface area contributed by atoms with Gasteiger partial charge in [0.05, 0.1) is 18.0 Å². The Hall–Kier alpha value is -3.20. The highest BCUT2D eigenvalue weighted by molar-refractivity contribution is 7.92. The molecule has 0 radical (unpaired) electrons. The Morgan fingerprint density at radius 3 is 2.52 bits per heavy atom. The lowest BCUT2D eigenvalue weighted by Gasteiger charge is -2.22. The molecule has 0 aliphatic carbocycles. The summed E-state index contributed by atoms with van der Waals surface area (Å²) in [7, 11) is -3.42. The number of aliphatic carboxylic acids is 1. The number of nitrogens with zero attached hydrogens (tertiary/aromatic N) is 2. The number of amides is 1. The Bertz CT molecular complexity index is 1110. The number of hydrazone groups is 1. The molecule has 0 saturated heterocycles. The fraction of sp³-hybridized carbons (Fsp3) is 0.318. The Morgan fingerprint density at radius 1 is 1.16 bits per heavy atom. The van der Waals surface area contributed by atoms with Gasteiger partial charge in [-0.15, -0.1) is 0 Å². The monoisotopic (exact) mass is 443 g/mol. The maximum atomic E-state index is 12.8. The average Bonchev–Trinajstić information content (AvgIpc) is 3.13. The predicted molar refractivity (Wildman–Crippen MR) is 118 cm³/mol. The minimum absolute atomic E-state index is 0.0788. The molecule has 0 unspecified atom stereocenters. The van der Waals surface area contributed by atoms with E-state index in [-0.39, 0.29) is 31.2 Å². The lowest BCUT2D eigenvalue weighted by Crippen LogP contribution is -2.27. The minimum atomic E-state index is -3.42. The molecule has 1 aliphatic heterocycles. The number of carboxylic acids is 1. The molecule has 2 aromatic carbocycles. The van der Waals surface area contributed by atoms with Crippen LogP contribution in [0.25, 0.3) is 0 Å². The van der Waals surface area contributed by atoms with Crippen LogP contribution >= 0.6 is 0 Å². The van der Waals surface area contributed by atoms with Gasteiger partial charge in [-0.2, -0.15) is 5.10 Å². The maximum Gasteiger partial charge on any atom is 0.303 e. The second-order valence-electron chi connectivity index (χ2n) is 7.62. The highest BCUT2D eigenvalue weighted by Gasteiger charge is 2.32. The Balaban J connectivity index is 1.89. The molecule has 2 N–H and O–H groups in total. The highest BCUT2D eigenvalue weighted by Crippen LogP contribution is 2.34. The fourth-order valence-electron chi connectivity index (χ4n) is 3.44. The van der Waals surface area contributed by atoms with E-state index in [0.29, 0.717) is 23.4 Å². The van der Waals surface area contributed by atoms with Gasteiger partial charge in [0, 0.05) is 24.9 Å². The number of sulfonamides is 1. The van der Waals surface area contributed by atoms with Gasteiger partial charge in [0.15, 0.2) is 0 Å². The van der Waals surface area contributed by atoms with E-state index < -0.39 is 16.0 Å². The molecule has 8 nitrogen and oxygen atoms in total. The summed E-state index contributed by atoms with van der Waals surface area (Å²) in [5, 5.41) is 14.8. The highest BCUT2D eigenvalue weighted by atomic mass is 32.2. The molecule has 1 amide bonds. The third-order valence-corrected chi connectivity index (χ3v) is 5.51. The van der Waals surface area contributed by atoms with Gasteiger partial charge in [-0.05, 0) is 36.6 Å². The SMILES string of the molecule is Cc1ccc([C@@H]2CC(c3cccc(NS(C)(=O)=O)c3)=NN2C(=O)CCCC(=O)O)cc1. The summed E-state index contributed by atoms with van der Waals surface area (Å²) in [6.45, 7) is 1.98. The zero-order chi connectivity index (χ0) is 22.6. The summed E-state index contributed by atoms with van der Waals surface area (Å²) in [6.07, 6.45) is 1.79. The van der Waals surface area contributed by atoms with Gasteiger partial charge >= 0.3 is 5.97 Å². The first-order chi connectivity index (χ1) is 14.6. The fourth-order valence-corrected chi connectivity index (χ4v) is 4.00. The van der Waals surface area contributed by atoms with Crippen LogP contribution < -0.4 is 4.72 Å². The predicted octanol–water partition coefficient (Wildman–Crippen LogP) is 3.30. The molecule has 2 aromatic rings. The molecule has 0 spiro atoms. The van der Waals surface area contributed by atoms with E-state index in [0.717, 1.165) is 17.4 Å². The van der Waals surface area contributed by atoms with E-state index >= 15 is 0 Å². The van der Waals surface area contributed by atoms with Gasteiger partial charge in [-0.1, -0.05) is 42.0 Å². The summed E-state index contributed by atoms with van der Waals surface area (Å²) in [5.41, 5.74) is 3.82. The Morgan fingerprint density at radius 2 is 1.87 bits per heavy atom. The average molecular weight is 444 g/mol. The van der Waals surface area contributed by atoms with Gasteiger partial charge < -0.3 is 5.11 Å². The van der Waals surface area contributed by atoms with Crippen molar-refractivity contribution >= 4 is 33.3 Å². The van der Waals surface area contributed by atoms with Crippen molar-refractivity contribution in [2.24, 2.45) is 5.10 Å². The molecule has 31 heavy (non-hydrogen) atoms. The number of rotatable bonds is 8. The minimum Gasteiger partial charge on any atom is -0.481 e. The van der Waals surface area contributed by atoms with E-state index in [2.05, 4.69) is 9.82 Å². The van der Waals surface area contributed by atoms with Crippen LogP contribution in [-0.2, 0) is 19.6 Å². The molecule has 0 fully saturated rings. The van der Waals surface area contributed by atoms with Crippen molar-refractivity contribution in [3.8, 4) is 0 Å². The van der Waals surface area contributed by atoms with Crippen LogP contribution in [-0.4, -0.2) is 42.4 Å². The number of carboxylic acid groups (broad SMARTS) is 1. The van der Waals surface area contributed by atoms with E-state index in [1.54, 1.807) is 18.2 Å². The zero-order valence-corrected chi connectivity index (χ0v) is 18.2. The quantitative estimate of drug-likeness (QED) is 0.649. The molecule has 9 heteroatoms. The van der Waals surface area contributed by atoms with Gasteiger partial charge in [-0.3, -0.25) is 14.3 Å². The third-order valence-electron chi connectivity index (χ3n) is 4.91. The van der Waals surface area contributed by atoms with E-state index in [4.69, 9.17) is 5.11 Å². The third kappa shape index (κ3) is 6.14. The number of benzene rings is 2. The Labute approximate surface area is 181 Å². The molecular weight excluding hydrogens is 418 g/mol. The first-order valence-corrected chi connectivity index (χ1v) is 11.8. The van der Waals surface area contributed by atoms with Crippen molar-refractivity contribution in [2.75, 3.05) is 11.0 Å². The molecule has 0 bridgehead atoms. The Kier molecular flexibility index (Phi) is 6.74. The molecule has 1 aliphatic rings. The smallest absolute Gasteiger partial charge is 0.303 e. The van der Waals surface area contributed by atoms with Gasteiger partial charge in [0.25, 0.3) is 0 Å². The maximum absolute atomic E-state index is 12.8. The second kappa shape index (κ2) is 9.30. The second-order valence-corrected chi connectivity index (χ2v) is 9.37. The van der Waals surface area contributed by atoms with Crippen molar-refractivity contribution in [2.45, 2.75) is 38.6 Å². The zero-order valence-electron chi connectivity index (χ0n) is 17.4. The normalized spacial score (nSPS) is 16.1. The summed E-state index contributed by atoms with van der Waals surface area (Å²) in [4.78, 5) is 23.6.